The number of nitrogens with zero attached hydrogens (tertiary/aromatic N) is 2. The van der Waals surface area contributed by atoms with Crippen molar-refractivity contribution >= 4 is 40.0 Å². The van der Waals surface area contributed by atoms with E-state index in [1.807, 2.05) is 50.4 Å². The summed E-state index contributed by atoms with van der Waals surface area (Å²) in [7, 11) is 0. The van der Waals surface area contributed by atoms with Crippen molar-refractivity contribution in [2.24, 2.45) is 11.7 Å². The minimum atomic E-state index is -0.845. The molecular formula is C23H27ClN4O3S. The Hall–Kier alpha value is -2.84. The van der Waals surface area contributed by atoms with Gasteiger partial charge < -0.3 is 20.5 Å². The molecule has 3 aromatic rings. The molecule has 0 saturated heterocycles. The quantitative estimate of drug-likeness (QED) is 0.383. The largest absolute Gasteiger partial charge is 0.488 e. The Labute approximate surface area is 196 Å². The number of pyridine rings is 1. The van der Waals surface area contributed by atoms with E-state index in [4.69, 9.17) is 26.8 Å². The Bertz CT molecular complexity index is 1090. The number of carbonyl (C=O) groups excluding carboxylic acids is 1. The van der Waals surface area contributed by atoms with Crippen molar-refractivity contribution in [2.75, 3.05) is 11.9 Å². The van der Waals surface area contributed by atoms with Gasteiger partial charge in [-0.25, -0.2) is 14.8 Å². The van der Waals surface area contributed by atoms with Crippen molar-refractivity contribution in [2.45, 2.75) is 39.7 Å². The molecule has 1 amide bonds. The number of nitrogens with one attached hydrogen (secondary N) is 1. The third-order valence-electron chi connectivity index (χ3n) is 4.60. The maximum atomic E-state index is 11.3. The molecule has 9 heteroatoms. The lowest BCUT2D eigenvalue weighted by atomic mass is 9.95. The standard InChI is InChI=1S/C23H27ClN4O3S/c1-14(2)11-23(4,31-21(25)29)13-30-19-6-5-16(9-18(19)24)17-7-8-26-20(10-17)28-22-27-15(3)12-32-22/h5-10,12,14H,11,13H2,1-4H3,(H2,25,29)(H,26,27,28). The lowest BCUT2D eigenvalue weighted by molar-refractivity contribution is -0.0185. The molecule has 0 radical (unpaired) electrons. The number of primary amides is 1. The van der Waals surface area contributed by atoms with Crippen molar-refractivity contribution in [1.29, 1.82) is 0 Å². The number of amides is 1. The maximum Gasteiger partial charge on any atom is 0.405 e. The molecule has 0 aliphatic heterocycles. The molecule has 1 atom stereocenters. The van der Waals surface area contributed by atoms with Gasteiger partial charge in [0, 0.05) is 11.6 Å². The number of aromatic nitrogens is 2. The topological polar surface area (TPSA) is 99.4 Å². The predicted molar refractivity (Wildman–Crippen MR) is 129 cm³/mol. The first-order valence-electron chi connectivity index (χ1n) is 10.2. The van der Waals surface area contributed by atoms with Gasteiger partial charge in [0.05, 0.1) is 10.7 Å². The van der Waals surface area contributed by atoms with E-state index in [1.54, 1.807) is 19.2 Å². The molecule has 3 rings (SSSR count). The number of aryl methyl sites for hydroxylation is 1. The van der Waals surface area contributed by atoms with E-state index in [2.05, 4.69) is 15.3 Å². The summed E-state index contributed by atoms with van der Waals surface area (Å²) in [5.41, 5.74) is 7.23. The summed E-state index contributed by atoms with van der Waals surface area (Å²) in [5.74, 6) is 1.49. The highest BCUT2D eigenvalue weighted by molar-refractivity contribution is 7.13. The number of carbonyl (C=O) groups is 1. The second-order valence-corrected chi connectivity index (χ2v) is 9.52. The molecule has 2 aromatic heterocycles. The van der Waals surface area contributed by atoms with Crippen LogP contribution in [0.2, 0.25) is 5.02 Å². The van der Waals surface area contributed by atoms with Crippen molar-refractivity contribution in [3.8, 4) is 16.9 Å². The molecule has 170 valence electrons. The van der Waals surface area contributed by atoms with E-state index in [0.717, 1.165) is 22.0 Å². The van der Waals surface area contributed by atoms with Gasteiger partial charge in [-0.05, 0) is 61.6 Å². The van der Waals surface area contributed by atoms with Gasteiger partial charge in [0.25, 0.3) is 0 Å². The number of rotatable bonds is 9. The van der Waals surface area contributed by atoms with Gasteiger partial charge in [-0.3, -0.25) is 0 Å². The third kappa shape index (κ3) is 6.58. The Morgan fingerprint density at radius 2 is 2.03 bits per heavy atom. The molecule has 0 fully saturated rings. The molecule has 32 heavy (non-hydrogen) atoms. The number of hydrogen-bond acceptors (Lipinski definition) is 7. The van der Waals surface area contributed by atoms with Crippen LogP contribution in [-0.4, -0.2) is 28.3 Å². The zero-order chi connectivity index (χ0) is 23.3. The summed E-state index contributed by atoms with van der Waals surface area (Å²) in [4.78, 5) is 20.1. The minimum Gasteiger partial charge on any atom is -0.488 e. The average molecular weight is 475 g/mol. The minimum absolute atomic E-state index is 0.143. The van der Waals surface area contributed by atoms with E-state index >= 15 is 0 Å². The third-order valence-corrected chi connectivity index (χ3v) is 5.77. The van der Waals surface area contributed by atoms with E-state index in [9.17, 15) is 4.79 Å². The molecule has 3 N–H and O–H groups in total. The van der Waals surface area contributed by atoms with Crippen LogP contribution in [0.15, 0.2) is 41.9 Å². The number of benzene rings is 1. The molecule has 0 aliphatic carbocycles. The average Bonchev–Trinajstić information content (AvgIpc) is 3.10. The summed E-state index contributed by atoms with van der Waals surface area (Å²) in [6.07, 6.45) is 1.51. The van der Waals surface area contributed by atoms with Gasteiger partial charge in [0.2, 0.25) is 0 Å². The van der Waals surface area contributed by atoms with Crippen LogP contribution in [0.25, 0.3) is 11.1 Å². The highest BCUT2D eigenvalue weighted by Crippen LogP contribution is 2.33. The molecule has 2 heterocycles. The van der Waals surface area contributed by atoms with Crippen LogP contribution in [0, 0.1) is 12.8 Å². The fourth-order valence-corrected chi connectivity index (χ4v) is 4.39. The first-order valence-corrected chi connectivity index (χ1v) is 11.5. The number of hydrogen-bond donors (Lipinski definition) is 2. The SMILES string of the molecule is Cc1csc(Nc2cc(-c3ccc(OCC(C)(CC(C)C)OC(N)=O)c(Cl)c3)ccn2)n1. The van der Waals surface area contributed by atoms with E-state index < -0.39 is 11.7 Å². The van der Waals surface area contributed by atoms with Crippen molar-refractivity contribution in [3.63, 3.8) is 0 Å². The van der Waals surface area contributed by atoms with Crippen LogP contribution >= 0.6 is 22.9 Å². The zero-order valence-electron chi connectivity index (χ0n) is 18.5. The molecule has 1 unspecified atom stereocenters. The Kier molecular flexibility index (Phi) is 7.58. The molecular weight excluding hydrogens is 448 g/mol. The van der Waals surface area contributed by atoms with E-state index in [-0.39, 0.29) is 6.61 Å². The maximum absolute atomic E-state index is 11.3. The summed E-state index contributed by atoms with van der Waals surface area (Å²) >= 11 is 8.02. The van der Waals surface area contributed by atoms with Crippen LogP contribution in [0.4, 0.5) is 15.7 Å². The first-order chi connectivity index (χ1) is 15.1. The summed E-state index contributed by atoms with van der Waals surface area (Å²) < 4.78 is 11.2. The summed E-state index contributed by atoms with van der Waals surface area (Å²) in [5, 5.41) is 6.44. The normalized spacial score (nSPS) is 12.9. The van der Waals surface area contributed by atoms with Crippen LogP contribution in [0.5, 0.6) is 5.75 Å². The molecule has 1 aromatic carbocycles. The lowest BCUT2D eigenvalue weighted by Crippen LogP contribution is -2.41. The monoisotopic (exact) mass is 474 g/mol. The Morgan fingerprint density at radius 1 is 1.28 bits per heavy atom. The zero-order valence-corrected chi connectivity index (χ0v) is 20.1. The number of anilines is 2. The van der Waals surface area contributed by atoms with Crippen LogP contribution in [-0.2, 0) is 4.74 Å². The summed E-state index contributed by atoms with van der Waals surface area (Å²) in [6, 6.07) is 9.39. The van der Waals surface area contributed by atoms with Gasteiger partial charge in [-0.15, -0.1) is 11.3 Å². The lowest BCUT2D eigenvalue weighted by Gasteiger charge is -2.30. The fourth-order valence-electron chi connectivity index (χ4n) is 3.46. The number of ether oxygens (including phenoxy) is 2. The molecule has 0 aliphatic rings. The highest BCUT2D eigenvalue weighted by Gasteiger charge is 2.30. The molecule has 0 spiro atoms. The molecule has 0 bridgehead atoms. The van der Waals surface area contributed by atoms with Gasteiger partial charge in [0.15, 0.2) is 5.13 Å². The van der Waals surface area contributed by atoms with Crippen molar-refractivity contribution in [3.05, 3.63) is 52.6 Å². The Balaban J connectivity index is 1.73. The van der Waals surface area contributed by atoms with Gasteiger partial charge in [-0.2, -0.15) is 0 Å². The number of thiazole rings is 1. The molecule has 0 saturated carbocycles. The van der Waals surface area contributed by atoms with Gasteiger partial charge >= 0.3 is 6.09 Å². The number of halogens is 1. The number of nitrogens with two attached hydrogens (primary N) is 1. The van der Waals surface area contributed by atoms with Crippen LogP contribution < -0.4 is 15.8 Å². The van der Waals surface area contributed by atoms with Gasteiger partial charge in [-0.1, -0.05) is 31.5 Å². The van der Waals surface area contributed by atoms with Crippen molar-refractivity contribution < 1.29 is 14.3 Å². The van der Waals surface area contributed by atoms with E-state index in [0.29, 0.717) is 28.9 Å². The van der Waals surface area contributed by atoms with Crippen molar-refractivity contribution in [1.82, 2.24) is 9.97 Å². The van der Waals surface area contributed by atoms with Gasteiger partial charge in [0.1, 0.15) is 23.8 Å². The first kappa shape index (κ1) is 23.8. The fraction of sp³-hybridized carbons (Fsp3) is 0.348. The van der Waals surface area contributed by atoms with Crippen LogP contribution in [0.1, 0.15) is 32.9 Å². The highest BCUT2D eigenvalue weighted by atomic mass is 35.5. The second kappa shape index (κ2) is 10.2. The molecule has 7 nitrogen and oxygen atoms in total. The van der Waals surface area contributed by atoms with Crippen LogP contribution in [0.3, 0.4) is 0 Å². The smallest absolute Gasteiger partial charge is 0.405 e. The summed E-state index contributed by atoms with van der Waals surface area (Å²) in [6.45, 7) is 7.97. The second-order valence-electron chi connectivity index (χ2n) is 8.25. The van der Waals surface area contributed by atoms with E-state index in [1.165, 1.54) is 11.3 Å². The predicted octanol–water partition coefficient (Wildman–Crippen LogP) is 6.19. The Morgan fingerprint density at radius 3 is 2.66 bits per heavy atom.